The molecule has 0 saturated heterocycles. The Morgan fingerprint density at radius 3 is 1.43 bits per heavy atom. The zero-order chi connectivity index (χ0) is 24.8. The van der Waals surface area contributed by atoms with Crippen LogP contribution in [0, 0.1) is 6.04 Å². The van der Waals surface area contributed by atoms with Crippen molar-refractivity contribution in [3.05, 3.63) is 125 Å². The second kappa shape index (κ2) is 8.71. The lowest BCUT2D eigenvalue weighted by atomic mass is 10.1. The van der Waals surface area contributed by atoms with Crippen molar-refractivity contribution in [2.24, 2.45) is 0 Å². The summed E-state index contributed by atoms with van der Waals surface area (Å²) in [5.74, 6) is -0.598. The molecule has 3 aromatic rings. The van der Waals surface area contributed by atoms with Gasteiger partial charge >= 0.3 is 0 Å². The average molecular weight is 482 g/mol. The lowest BCUT2D eigenvalue weighted by molar-refractivity contribution is 0.0686. The maximum absolute atomic E-state index is 13.4. The number of fused-ring (bicyclic) bond motifs is 1. The minimum atomic E-state index is -2.46. The van der Waals surface area contributed by atoms with Crippen LogP contribution in [0.1, 0.15) is 52.6 Å². The minimum Gasteiger partial charge on any atom is -0.269 e. The molecule has 35 heavy (non-hydrogen) atoms. The molecule has 0 fully saturated rings. The van der Waals surface area contributed by atoms with Gasteiger partial charge in [0.25, 0.3) is 11.8 Å². The molecule has 5 heteroatoms. The van der Waals surface area contributed by atoms with Gasteiger partial charge in [-0.3, -0.25) is 14.5 Å². The third-order valence-electron chi connectivity index (χ3n) is 6.66. The van der Waals surface area contributed by atoms with Crippen LogP contribution in [0.4, 0.5) is 0 Å². The minimum absolute atomic E-state index is 0.251. The van der Waals surface area contributed by atoms with Crippen LogP contribution in [0.2, 0.25) is 0 Å². The average Bonchev–Trinajstić information content (AvgIpc) is 3.13. The van der Waals surface area contributed by atoms with Crippen LogP contribution >= 0.6 is 7.49 Å². The maximum atomic E-state index is 13.4. The number of carbonyl (C=O) groups is 2. The topological polar surface area (TPSA) is 46.6 Å². The number of rotatable bonds is 4. The SMILES string of the molecule is CO[P+]1(C(C)(C)C)C(c2ccccc2)=C[C](N2C(=O)c3ccccc3C2=O)C=C1c1ccccc1. The fourth-order valence-corrected chi connectivity index (χ4v) is 9.43. The molecule has 0 aliphatic carbocycles. The van der Waals surface area contributed by atoms with E-state index in [-0.39, 0.29) is 17.0 Å². The van der Waals surface area contributed by atoms with Crippen LogP contribution < -0.4 is 0 Å². The predicted octanol–water partition coefficient (Wildman–Crippen LogP) is 7.29. The van der Waals surface area contributed by atoms with E-state index in [1.165, 1.54) is 4.90 Å². The third-order valence-corrected chi connectivity index (χ3v) is 11.2. The Hall–Kier alpha value is -3.33. The molecule has 4 nitrogen and oxygen atoms in total. The second-order valence-electron chi connectivity index (χ2n) is 9.67. The molecule has 2 aliphatic rings. The molecular weight excluding hydrogens is 453 g/mol. The molecule has 0 bridgehead atoms. The van der Waals surface area contributed by atoms with Crippen molar-refractivity contribution in [2.45, 2.75) is 25.9 Å². The van der Waals surface area contributed by atoms with Crippen LogP contribution in [0.5, 0.6) is 0 Å². The smallest absolute Gasteiger partial charge is 0.262 e. The number of imide groups is 1. The van der Waals surface area contributed by atoms with Gasteiger partial charge in [0.1, 0.15) is 21.8 Å². The van der Waals surface area contributed by atoms with Gasteiger partial charge in [-0.25, -0.2) is 4.52 Å². The van der Waals surface area contributed by atoms with Gasteiger partial charge < -0.3 is 0 Å². The highest BCUT2D eigenvalue weighted by Crippen LogP contribution is 2.86. The molecule has 0 unspecified atom stereocenters. The van der Waals surface area contributed by atoms with E-state index in [1.54, 1.807) is 31.4 Å². The monoisotopic (exact) mass is 481 g/mol. The van der Waals surface area contributed by atoms with Crippen molar-refractivity contribution in [3.8, 4) is 0 Å². The first-order valence-corrected chi connectivity index (χ1v) is 13.4. The van der Waals surface area contributed by atoms with Crippen molar-refractivity contribution < 1.29 is 14.1 Å². The Morgan fingerprint density at radius 2 is 1.06 bits per heavy atom. The zero-order valence-electron chi connectivity index (χ0n) is 20.4. The highest BCUT2D eigenvalue weighted by molar-refractivity contribution is 7.91. The largest absolute Gasteiger partial charge is 0.269 e. The van der Waals surface area contributed by atoms with E-state index in [2.05, 4.69) is 45.0 Å². The fourth-order valence-electron chi connectivity index (χ4n) is 5.13. The molecule has 1 radical (unpaired) electrons. The Labute approximate surface area is 207 Å². The van der Waals surface area contributed by atoms with Crippen LogP contribution in [-0.4, -0.2) is 29.0 Å². The van der Waals surface area contributed by atoms with E-state index in [0.717, 1.165) is 21.8 Å². The molecule has 175 valence electrons. The predicted molar refractivity (Wildman–Crippen MR) is 143 cm³/mol. The zero-order valence-corrected chi connectivity index (χ0v) is 21.3. The van der Waals surface area contributed by atoms with Gasteiger partial charge in [-0.1, -0.05) is 72.8 Å². The Balaban J connectivity index is 1.78. The van der Waals surface area contributed by atoms with Crippen LogP contribution in [0.3, 0.4) is 0 Å². The Morgan fingerprint density at radius 1 is 0.657 bits per heavy atom. The number of hydrogen-bond acceptors (Lipinski definition) is 3. The van der Waals surface area contributed by atoms with Crippen molar-refractivity contribution in [1.82, 2.24) is 4.90 Å². The highest BCUT2D eigenvalue weighted by Gasteiger charge is 2.61. The lowest BCUT2D eigenvalue weighted by Gasteiger charge is -2.41. The second-order valence-corrected chi connectivity index (χ2v) is 13.6. The van der Waals surface area contributed by atoms with E-state index >= 15 is 0 Å². The Bertz CT molecular complexity index is 1260. The number of amides is 2. The molecule has 5 rings (SSSR count). The number of nitrogens with zero attached hydrogens (tertiary/aromatic N) is 1. The van der Waals surface area contributed by atoms with Gasteiger partial charge in [0.05, 0.1) is 18.2 Å². The number of carbonyl (C=O) groups excluding carboxylic acids is 2. The van der Waals surface area contributed by atoms with Crippen molar-refractivity contribution in [3.63, 3.8) is 0 Å². The first kappa shape index (κ1) is 23.4. The van der Waals surface area contributed by atoms with Crippen molar-refractivity contribution in [1.29, 1.82) is 0 Å². The molecule has 2 amide bonds. The summed E-state index contributed by atoms with van der Waals surface area (Å²) in [4.78, 5) is 28.2. The lowest BCUT2D eigenvalue weighted by Crippen LogP contribution is -2.35. The highest BCUT2D eigenvalue weighted by atomic mass is 31.2. The van der Waals surface area contributed by atoms with E-state index in [1.807, 2.05) is 48.6 Å². The summed E-state index contributed by atoms with van der Waals surface area (Å²) >= 11 is 0. The van der Waals surface area contributed by atoms with E-state index in [0.29, 0.717) is 17.2 Å². The van der Waals surface area contributed by atoms with Gasteiger partial charge in [0.15, 0.2) is 0 Å². The van der Waals surface area contributed by atoms with Gasteiger partial charge in [-0.2, -0.15) is 0 Å². The third kappa shape index (κ3) is 3.60. The molecular formula is C30H28NO3P+. The van der Waals surface area contributed by atoms with Crippen molar-refractivity contribution >= 4 is 29.9 Å². The summed E-state index contributed by atoms with van der Waals surface area (Å²) in [7, 11) is -0.680. The molecule has 0 saturated carbocycles. The molecule has 2 heterocycles. The summed E-state index contributed by atoms with van der Waals surface area (Å²) < 4.78 is 6.58. The van der Waals surface area contributed by atoms with E-state index in [4.69, 9.17) is 4.52 Å². The molecule has 0 N–H and O–H groups in total. The number of hydrogen-bond donors (Lipinski definition) is 0. The van der Waals surface area contributed by atoms with Gasteiger partial charge in [-0.15, -0.1) is 0 Å². The van der Waals surface area contributed by atoms with Crippen LogP contribution in [0.25, 0.3) is 10.6 Å². The first-order valence-electron chi connectivity index (χ1n) is 11.6. The maximum Gasteiger partial charge on any atom is 0.262 e. The summed E-state index contributed by atoms with van der Waals surface area (Å²) in [6.07, 6.45) is 3.98. The summed E-state index contributed by atoms with van der Waals surface area (Å²) in [6.45, 7) is 6.60. The standard InChI is InChI=1S/C30H28NO3P/c1-30(2,3)35(34-4)26(21-13-7-5-8-14-21)19-23(20-27(35)22-15-9-6-10-16-22)31-28(32)24-17-11-12-18-25(24)29(31)33/h5-20H,1-4H3/q+1. The van der Waals surface area contributed by atoms with Crippen LogP contribution in [-0.2, 0) is 4.52 Å². The summed E-state index contributed by atoms with van der Waals surface area (Å²) in [5.41, 5.74) is 2.91. The van der Waals surface area contributed by atoms with Gasteiger partial charge in [0, 0.05) is 11.1 Å². The first-order chi connectivity index (χ1) is 16.8. The summed E-state index contributed by atoms with van der Waals surface area (Å²) in [6, 6.07) is 27.8. The van der Waals surface area contributed by atoms with E-state index in [9.17, 15) is 9.59 Å². The summed E-state index contributed by atoms with van der Waals surface area (Å²) in [5, 5.41) is 1.78. The molecule has 0 atom stereocenters. The quantitative estimate of drug-likeness (QED) is 0.290. The van der Waals surface area contributed by atoms with Crippen LogP contribution in [0.15, 0.2) is 97.1 Å². The van der Waals surface area contributed by atoms with Gasteiger partial charge in [-0.05, 0) is 45.1 Å². The molecule has 0 spiro atoms. The molecule has 3 aromatic carbocycles. The molecule has 2 aliphatic heterocycles. The van der Waals surface area contributed by atoms with Gasteiger partial charge in [0.2, 0.25) is 7.49 Å². The normalized spacial score (nSPS) is 17.8. The Kier molecular flexibility index (Phi) is 5.83. The van der Waals surface area contributed by atoms with Crippen molar-refractivity contribution in [2.75, 3.05) is 7.11 Å². The number of benzene rings is 3. The molecule has 0 aromatic heterocycles. The fraction of sp³-hybridized carbons (Fsp3) is 0.167. The van der Waals surface area contributed by atoms with E-state index < -0.39 is 7.49 Å².